The third-order valence-electron chi connectivity index (χ3n) is 5.41. The number of ether oxygens (including phenoxy) is 1. The normalized spacial score (nSPS) is 15.2. The Labute approximate surface area is 182 Å². The molecule has 0 aliphatic carbocycles. The molecule has 3 aromatic rings. The Morgan fingerprint density at radius 1 is 0.871 bits per heavy atom. The zero-order valence-electron chi connectivity index (χ0n) is 17.6. The molecule has 1 aliphatic rings. The predicted octanol–water partition coefficient (Wildman–Crippen LogP) is 4.42. The van der Waals surface area contributed by atoms with E-state index in [0.29, 0.717) is 25.4 Å². The van der Waals surface area contributed by atoms with E-state index in [4.69, 9.17) is 4.74 Å². The topological polar surface area (TPSA) is 49.9 Å². The molecule has 0 aromatic heterocycles. The summed E-state index contributed by atoms with van der Waals surface area (Å²) in [5, 5.41) is 0. The molecule has 0 saturated carbocycles. The molecular formula is C26H26N2O3. The van der Waals surface area contributed by atoms with Crippen molar-refractivity contribution >= 4 is 17.5 Å². The Balaban J connectivity index is 1.50. The van der Waals surface area contributed by atoms with Crippen molar-refractivity contribution in [3.05, 3.63) is 96.1 Å². The minimum Gasteiger partial charge on any atom is -0.479 e. The number of hydrogen-bond acceptors (Lipinski definition) is 3. The van der Waals surface area contributed by atoms with Gasteiger partial charge in [-0.2, -0.15) is 0 Å². The van der Waals surface area contributed by atoms with Crippen molar-refractivity contribution < 1.29 is 14.3 Å². The fourth-order valence-electron chi connectivity index (χ4n) is 3.79. The van der Waals surface area contributed by atoms with E-state index in [2.05, 4.69) is 0 Å². The molecule has 1 aliphatic heterocycles. The smallest absolute Gasteiger partial charge is 0.267 e. The van der Waals surface area contributed by atoms with Crippen LogP contribution in [0.3, 0.4) is 0 Å². The van der Waals surface area contributed by atoms with Crippen molar-refractivity contribution in [2.45, 2.75) is 32.5 Å². The van der Waals surface area contributed by atoms with Gasteiger partial charge < -0.3 is 14.5 Å². The van der Waals surface area contributed by atoms with Crippen LogP contribution in [0.4, 0.5) is 5.69 Å². The standard InChI is InChI=1S/C26H26N2O3/c1-20-26(30)28(23-14-8-9-15-24(23)31-20)17-16-25(29)27(18-21-10-4-2-5-11-21)19-22-12-6-3-7-13-22/h2-15,20H,16-19H2,1H3. The molecule has 1 heterocycles. The Bertz CT molecular complexity index is 995. The minimum absolute atomic E-state index is 0.0112. The SMILES string of the molecule is CC1Oc2ccccc2N(CCC(=O)N(Cc2ccccc2)Cc2ccccc2)C1=O. The fraction of sp³-hybridized carbons (Fsp3) is 0.231. The van der Waals surface area contributed by atoms with Crippen molar-refractivity contribution in [3.8, 4) is 5.75 Å². The van der Waals surface area contributed by atoms with Gasteiger partial charge in [-0.05, 0) is 30.2 Å². The van der Waals surface area contributed by atoms with Gasteiger partial charge in [0.1, 0.15) is 5.75 Å². The van der Waals surface area contributed by atoms with Gasteiger partial charge in [0.05, 0.1) is 5.69 Å². The van der Waals surface area contributed by atoms with E-state index in [9.17, 15) is 9.59 Å². The van der Waals surface area contributed by atoms with Crippen molar-refractivity contribution in [2.24, 2.45) is 0 Å². The highest BCUT2D eigenvalue weighted by atomic mass is 16.5. The van der Waals surface area contributed by atoms with Crippen molar-refractivity contribution in [3.63, 3.8) is 0 Å². The zero-order chi connectivity index (χ0) is 21.6. The average Bonchev–Trinajstić information content (AvgIpc) is 2.80. The highest BCUT2D eigenvalue weighted by Gasteiger charge is 2.31. The lowest BCUT2D eigenvalue weighted by Gasteiger charge is -2.33. The zero-order valence-corrected chi connectivity index (χ0v) is 17.6. The van der Waals surface area contributed by atoms with E-state index in [-0.39, 0.29) is 18.2 Å². The number of nitrogens with zero attached hydrogens (tertiary/aromatic N) is 2. The third-order valence-corrected chi connectivity index (χ3v) is 5.41. The van der Waals surface area contributed by atoms with Crippen LogP contribution in [0.1, 0.15) is 24.5 Å². The first-order valence-electron chi connectivity index (χ1n) is 10.5. The molecule has 5 heteroatoms. The number of carbonyl (C=O) groups is 2. The van der Waals surface area contributed by atoms with Crippen LogP contribution in [0.5, 0.6) is 5.75 Å². The summed E-state index contributed by atoms with van der Waals surface area (Å²) in [6.45, 7) is 3.11. The summed E-state index contributed by atoms with van der Waals surface area (Å²) in [6, 6.07) is 27.4. The molecule has 0 fully saturated rings. The second-order valence-electron chi connectivity index (χ2n) is 7.69. The molecule has 1 atom stereocenters. The van der Waals surface area contributed by atoms with Crippen LogP contribution in [0.2, 0.25) is 0 Å². The van der Waals surface area contributed by atoms with E-state index in [1.807, 2.05) is 89.8 Å². The van der Waals surface area contributed by atoms with Gasteiger partial charge in [0, 0.05) is 26.1 Å². The molecule has 2 amide bonds. The van der Waals surface area contributed by atoms with Gasteiger partial charge in [-0.15, -0.1) is 0 Å². The largest absolute Gasteiger partial charge is 0.479 e. The second kappa shape index (κ2) is 9.47. The van der Waals surface area contributed by atoms with Gasteiger partial charge >= 0.3 is 0 Å². The highest BCUT2D eigenvalue weighted by Crippen LogP contribution is 2.33. The quantitative estimate of drug-likeness (QED) is 0.575. The number of amides is 2. The molecule has 5 nitrogen and oxygen atoms in total. The highest BCUT2D eigenvalue weighted by molar-refractivity contribution is 6.00. The molecule has 3 aromatic carbocycles. The van der Waals surface area contributed by atoms with Crippen LogP contribution < -0.4 is 9.64 Å². The number of benzene rings is 3. The molecule has 0 saturated heterocycles. The second-order valence-corrected chi connectivity index (χ2v) is 7.69. The van der Waals surface area contributed by atoms with Gasteiger partial charge in [0.15, 0.2) is 6.10 Å². The first kappa shape index (κ1) is 20.7. The Morgan fingerprint density at radius 3 is 2.03 bits per heavy atom. The maximum Gasteiger partial charge on any atom is 0.267 e. The van der Waals surface area contributed by atoms with Crippen LogP contribution in [-0.4, -0.2) is 29.4 Å². The molecule has 4 rings (SSSR count). The van der Waals surface area contributed by atoms with Crippen LogP contribution in [0.15, 0.2) is 84.9 Å². The molecule has 1 unspecified atom stereocenters. The van der Waals surface area contributed by atoms with Gasteiger partial charge in [0.25, 0.3) is 5.91 Å². The molecule has 31 heavy (non-hydrogen) atoms. The maximum atomic E-state index is 13.3. The van der Waals surface area contributed by atoms with E-state index in [0.717, 1.165) is 16.8 Å². The molecular weight excluding hydrogens is 388 g/mol. The monoisotopic (exact) mass is 414 g/mol. The van der Waals surface area contributed by atoms with E-state index < -0.39 is 6.10 Å². The number of fused-ring (bicyclic) bond motifs is 1. The van der Waals surface area contributed by atoms with Gasteiger partial charge in [-0.1, -0.05) is 72.8 Å². The summed E-state index contributed by atoms with van der Waals surface area (Å²) in [5.41, 5.74) is 2.87. The number of carbonyl (C=O) groups excluding carboxylic acids is 2. The van der Waals surface area contributed by atoms with E-state index in [1.165, 1.54) is 0 Å². The fourth-order valence-corrected chi connectivity index (χ4v) is 3.79. The van der Waals surface area contributed by atoms with Crippen LogP contribution >= 0.6 is 0 Å². The van der Waals surface area contributed by atoms with Crippen molar-refractivity contribution in [1.29, 1.82) is 0 Å². The van der Waals surface area contributed by atoms with Crippen molar-refractivity contribution in [1.82, 2.24) is 4.90 Å². The van der Waals surface area contributed by atoms with Crippen LogP contribution in [-0.2, 0) is 22.7 Å². The number of hydrogen-bond donors (Lipinski definition) is 0. The number of para-hydroxylation sites is 2. The van der Waals surface area contributed by atoms with Crippen molar-refractivity contribution in [2.75, 3.05) is 11.4 Å². The minimum atomic E-state index is -0.560. The number of rotatable bonds is 7. The number of anilines is 1. The third kappa shape index (κ3) is 4.94. The Morgan fingerprint density at radius 2 is 1.42 bits per heavy atom. The molecule has 0 N–H and O–H groups in total. The van der Waals surface area contributed by atoms with E-state index in [1.54, 1.807) is 11.8 Å². The summed E-state index contributed by atoms with van der Waals surface area (Å²) >= 11 is 0. The summed E-state index contributed by atoms with van der Waals surface area (Å²) in [6.07, 6.45) is -0.318. The first-order valence-corrected chi connectivity index (χ1v) is 10.5. The first-order chi connectivity index (χ1) is 15.1. The average molecular weight is 415 g/mol. The maximum absolute atomic E-state index is 13.3. The lowest BCUT2D eigenvalue weighted by Crippen LogP contribution is -2.46. The summed E-state index contributed by atoms with van der Waals surface area (Å²) in [4.78, 5) is 29.5. The summed E-state index contributed by atoms with van der Waals surface area (Å²) in [7, 11) is 0. The van der Waals surface area contributed by atoms with Gasteiger partial charge in [-0.25, -0.2) is 0 Å². The Hall–Kier alpha value is -3.60. The lowest BCUT2D eigenvalue weighted by molar-refractivity contribution is -0.132. The van der Waals surface area contributed by atoms with Crippen LogP contribution in [0.25, 0.3) is 0 Å². The molecule has 0 spiro atoms. The lowest BCUT2D eigenvalue weighted by atomic mass is 10.1. The molecule has 0 radical (unpaired) electrons. The Kier molecular flexibility index (Phi) is 6.32. The van der Waals surface area contributed by atoms with E-state index >= 15 is 0 Å². The summed E-state index contributed by atoms with van der Waals surface area (Å²) < 4.78 is 5.70. The van der Waals surface area contributed by atoms with Crippen LogP contribution in [0, 0.1) is 0 Å². The molecule has 158 valence electrons. The molecule has 0 bridgehead atoms. The van der Waals surface area contributed by atoms with Gasteiger partial charge in [0.2, 0.25) is 5.91 Å². The summed E-state index contributed by atoms with van der Waals surface area (Å²) in [5.74, 6) is 0.564. The predicted molar refractivity (Wildman–Crippen MR) is 121 cm³/mol. The van der Waals surface area contributed by atoms with Gasteiger partial charge in [-0.3, -0.25) is 9.59 Å².